The predicted octanol–water partition coefficient (Wildman–Crippen LogP) is 30.5. The number of aryl methyl sites for hydroxylation is 2. The van der Waals surface area contributed by atoms with Crippen LogP contribution in [0.1, 0.15) is 306 Å². The van der Waals surface area contributed by atoms with Gasteiger partial charge in [0.05, 0.1) is 34.2 Å². The topological polar surface area (TPSA) is 309 Å². The minimum atomic E-state index is -0.609. The highest BCUT2D eigenvalue weighted by Gasteiger charge is 2.38. The molecule has 5 aliphatic carbocycles. The van der Waals surface area contributed by atoms with Gasteiger partial charge in [-0.3, -0.25) is 33.6 Å². The molecule has 0 amide bonds. The van der Waals surface area contributed by atoms with Gasteiger partial charge in [0.1, 0.15) is 80.4 Å². The van der Waals surface area contributed by atoms with E-state index in [2.05, 4.69) is 67.1 Å². The summed E-state index contributed by atoms with van der Waals surface area (Å²) in [5.74, 6) is 1.28. The Morgan fingerprint density at radius 2 is 0.570 bits per heavy atom. The van der Waals surface area contributed by atoms with Crippen molar-refractivity contribution in [2.24, 2.45) is 0 Å². The van der Waals surface area contributed by atoms with E-state index in [4.69, 9.17) is 74.3 Å². The number of para-hydroxylation sites is 1. The van der Waals surface area contributed by atoms with Gasteiger partial charge in [0, 0.05) is 138 Å². The maximum Gasteiger partial charge on any atom is 0.177 e. The number of nitrogens with zero attached hydrogens (tertiary/aromatic N) is 14. The molecule has 0 saturated heterocycles. The van der Waals surface area contributed by atoms with Crippen molar-refractivity contribution >= 4 is 191 Å². The largest absolute Gasteiger partial charge is 0.457 e. The van der Waals surface area contributed by atoms with Crippen LogP contribution in [0.15, 0.2) is 194 Å². The normalized spacial score (nSPS) is 13.4. The first-order chi connectivity index (χ1) is 71.9. The summed E-state index contributed by atoms with van der Waals surface area (Å²) in [5, 5.41) is 31.7. The molecule has 0 aliphatic heterocycles. The Morgan fingerprint density at radius 3 is 0.973 bits per heavy atom. The van der Waals surface area contributed by atoms with Gasteiger partial charge in [-0.25, -0.2) is 22.0 Å². The smallest absolute Gasteiger partial charge is 0.177 e. The van der Waals surface area contributed by atoms with Gasteiger partial charge in [0.2, 0.25) is 0 Å². The SMILES string of the molecule is CC(C)(C)c1nnsc1C(=O)CCc1c(F)cccc1Cl.Cc1cccc(Cl)c1CCC(=O)c1snnc1C1CC1.O=C(CCc1c(Cl)cccc1Cl)c1snnc1C1CC1.O=C(CCc1c(Cl)cccc1Oc1ccccc1)c1snnc1C1CC1.O=C(CCc1c(F)cccc1Cl)c1snnc1-c1ccccc1.O=C(CCc1c(F)cccc1F)c1snnc1C1CC1.O=C(CCc1ccccc1F)c1snnc1C1CC1. The number of hydrogen-bond donors (Lipinski definition) is 0. The standard InChI is InChI=1S/C20H17ClN2O2S.C17H12ClFN2OS.C15H16ClFN2OS.C15H15ClN2OS.C14H12Cl2N2OS.C14H12F2N2OS.C14H13FN2OS/c21-16-7-4-8-18(25-14-5-2-1-3-6-14)15(16)11-12-17(24)20-19(13-9-10-13)22-23-26-20;18-13-7-4-8-14(19)12(13)9-10-15(22)17-16(20-21-23-17)11-5-2-1-3-6-11;1-15(2,3)14-13(21-19-18-14)12(20)8-7-9-10(16)5-4-6-11(9)17;1-9-3-2-4-12(16)11(9)7-8-13(19)15-14(10-5-6-10)17-18-20-15;2*15-10-2-1-3-11(16)9(10)6-7-12(19)14-13(8-4-5-8)17-18-20-14;15-11-4-2-1-3-9(11)7-8-12(18)14-13(10-5-6-10)16-17-19-14/h1-8,13H,9-12H2;1-8H,9-10H2;4-6H,7-8H2,1-3H3;2-4,10H,5-8H2,1H3;2*1-3,8H,4-7H2;1-4,10H,5-8H2. The molecule has 0 bridgehead atoms. The molecule has 21 rings (SSSR count). The van der Waals surface area contributed by atoms with E-state index in [-0.39, 0.29) is 102 Å². The van der Waals surface area contributed by atoms with E-state index in [0.29, 0.717) is 169 Å². The molecule has 0 radical (unpaired) electrons. The second-order valence-electron chi connectivity index (χ2n) is 36.8. The van der Waals surface area contributed by atoms with Crippen LogP contribution in [0.3, 0.4) is 0 Å². The molecule has 0 atom stereocenters. The molecular formula is C109H97Cl6F5N14O8S7. The van der Waals surface area contributed by atoms with Gasteiger partial charge in [-0.05, 0) is 304 Å². The van der Waals surface area contributed by atoms with Gasteiger partial charge >= 0.3 is 0 Å². The molecule has 0 spiro atoms. The minimum absolute atomic E-state index is 0.0279. The van der Waals surface area contributed by atoms with Crippen molar-refractivity contribution in [2.45, 2.75) is 217 Å². The van der Waals surface area contributed by atoms with Crippen molar-refractivity contribution in [3.8, 4) is 22.8 Å². The Morgan fingerprint density at radius 1 is 0.289 bits per heavy atom. The highest BCUT2D eigenvalue weighted by molar-refractivity contribution is 7.10. The van der Waals surface area contributed by atoms with Crippen LogP contribution in [0, 0.1) is 36.0 Å². The molecule has 149 heavy (non-hydrogen) atoms. The number of benzene rings is 9. The number of ether oxygens (including phenoxy) is 1. The quantitative estimate of drug-likeness (QED) is 0.0260. The van der Waals surface area contributed by atoms with Crippen LogP contribution in [-0.4, -0.2) is 108 Å². The van der Waals surface area contributed by atoms with Crippen LogP contribution in [0.2, 0.25) is 30.1 Å². The summed E-state index contributed by atoms with van der Waals surface area (Å²) >= 11 is 44.8. The van der Waals surface area contributed by atoms with E-state index in [0.717, 1.165) is 182 Å². The maximum absolute atomic E-state index is 13.8. The zero-order valence-electron chi connectivity index (χ0n) is 80.9. The third kappa shape index (κ3) is 31.3. The summed E-state index contributed by atoms with van der Waals surface area (Å²) in [6.07, 6.45) is 15.6. The second kappa shape index (κ2) is 53.7. The van der Waals surface area contributed by atoms with E-state index in [1.807, 2.05) is 125 Å². The average Bonchev–Trinajstić information content (AvgIpc) is 1.94. The molecule has 0 N–H and O–H groups in total. The van der Waals surface area contributed by atoms with Crippen LogP contribution >= 0.6 is 150 Å². The van der Waals surface area contributed by atoms with Crippen LogP contribution in [0.4, 0.5) is 22.0 Å². The van der Waals surface area contributed by atoms with Gasteiger partial charge in [0.25, 0.3) is 0 Å². The molecule has 5 fully saturated rings. The first kappa shape index (κ1) is 112. The Labute approximate surface area is 915 Å². The first-order valence-electron chi connectivity index (χ1n) is 48.2. The van der Waals surface area contributed by atoms with E-state index in [9.17, 15) is 55.5 Å². The number of aromatic nitrogens is 14. The van der Waals surface area contributed by atoms with Crippen molar-refractivity contribution < 1.29 is 60.3 Å². The molecule has 770 valence electrons. The summed E-state index contributed by atoms with van der Waals surface area (Å²) in [6.45, 7) is 7.96. The van der Waals surface area contributed by atoms with Crippen molar-refractivity contribution in [1.82, 2.24) is 67.1 Å². The lowest BCUT2D eigenvalue weighted by Crippen LogP contribution is -2.16. The van der Waals surface area contributed by atoms with E-state index < -0.39 is 17.5 Å². The number of rotatable bonds is 36. The summed E-state index contributed by atoms with van der Waals surface area (Å²) in [4.78, 5) is 90.8. The highest BCUT2D eigenvalue weighted by Crippen LogP contribution is 2.47. The minimum Gasteiger partial charge on any atom is -0.457 e. The number of halogens is 11. The Hall–Kier alpha value is -11.2. The van der Waals surface area contributed by atoms with Gasteiger partial charge in [-0.1, -0.05) is 231 Å². The summed E-state index contributed by atoms with van der Waals surface area (Å²) in [5.41, 5.74) is 11.3. The van der Waals surface area contributed by atoms with Gasteiger partial charge < -0.3 is 4.74 Å². The van der Waals surface area contributed by atoms with Crippen LogP contribution in [0.5, 0.6) is 11.5 Å². The lowest BCUT2D eigenvalue weighted by atomic mass is 9.90. The fourth-order valence-electron chi connectivity index (χ4n) is 15.8. The van der Waals surface area contributed by atoms with Crippen LogP contribution in [-0.2, 0) is 50.4 Å². The first-order valence-corrected chi connectivity index (χ1v) is 55.9. The monoisotopic (exact) mass is 2260 g/mol. The molecule has 0 unspecified atom stereocenters. The second-order valence-corrected chi connectivity index (χ2v) is 44.6. The average molecular weight is 2260 g/mol. The van der Waals surface area contributed by atoms with Crippen molar-refractivity contribution in [3.63, 3.8) is 0 Å². The zero-order valence-corrected chi connectivity index (χ0v) is 91.1. The molecule has 7 heterocycles. The number of carbonyl (C=O) groups excluding carboxylic acids is 7. The highest BCUT2D eigenvalue weighted by atomic mass is 35.5. The third-order valence-corrected chi connectivity index (χ3v) is 32.3. The van der Waals surface area contributed by atoms with Crippen LogP contribution < -0.4 is 4.74 Å². The Bertz CT molecular complexity index is 7020. The summed E-state index contributed by atoms with van der Waals surface area (Å²) in [7, 11) is 0. The van der Waals surface area contributed by atoms with Crippen LogP contribution in [0.25, 0.3) is 11.3 Å². The van der Waals surface area contributed by atoms with Gasteiger partial charge in [0.15, 0.2) is 40.5 Å². The molecule has 16 aromatic rings. The summed E-state index contributed by atoms with van der Waals surface area (Å²) in [6, 6.07) is 55.0. The Balaban J connectivity index is 0.000000130. The van der Waals surface area contributed by atoms with Crippen molar-refractivity contribution in [1.29, 1.82) is 0 Å². The molecule has 22 nitrogen and oxygen atoms in total. The lowest BCUT2D eigenvalue weighted by Gasteiger charge is -2.16. The fourth-order valence-corrected chi connectivity index (χ4v) is 22.6. The zero-order chi connectivity index (χ0) is 105. The van der Waals surface area contributed by atoms with E-state index >= 15 is 0 Å². The number of ketones is 7. The molecular weight excluding hydrogens is 2170 g/mol. The third-order valence-electron chi connectivity index (χ3n) is 24.7. The molecule has 7 aromatic heterocycles. The number of Topliss-reactive ketones (excluding diaryl/α,β-unsaturated/α-hetero) is 7. The van der Waals surface area contributed by atoms with E-state index in [1.54, 1.807) is 60.7 Å². The molecule has 9 aromatic carbocycles. The Kier molecular flexibility index (Phi) is 40.3. The van der Waals surface area contributed by atoms with Gasteiger partial charge in [-0.2, -0.15) is 0 Å². The van der Waals surface area contributed by atoms with E-state index in [1.165, 1.54) is 71.0 Å². The predicted molar refractivity (Wildman–Crippen MR) is 578 cm³/mol. The maximum atomic E-state index is 13.8. The lowest BCUT2D eigenvalue weighted by molar-refractivity contribution is 0.0976. The number of hydrogen-bond acceptors (Lipinski definition) is 29. The molecule has 5 aliphatic rings. The molecule has 40 heteroatoms. The fraction of sp³-hybridized carbons (Fsp3) is 0.312. The molecule has 5 saturated carbocycles. The van der Waals surface area contributed by atoms with Crippen molar-refractivity contribution in [2.75, 3.05) is 0 Å². The number of carbonyl (C=O) groups is 7. The van der Waals surface area contributed by atoms with Gasteiger partial charge in [-0.15, -0.1) is 35.7 Å². The van der Waals surface area contributed by atoms with Crippen molar-refractivity contribution in [3.05, 3.63) is 366 Å². The summed E-state index contributed by atoms with van der Waals surface area (Å²) < 4.78 is 101.